The van der Waals surface area contributed by atoms with Crippen molar-refractivity contribution in [3.05, 3.63) is 42.1 Å². The zero-order chi connectivity index (χ0) is 12.1. The molecule has 0 aliphatic rings. The van der Waals surface area contributed by atoms with Crippen molar-refractivity contribution in [1.29, 1.82) is 0 Å². The van der Waals surface area contributed by atoms with E-state index in [1.54, 1.807) is 0 Å². The Labute approximate surface area is 103 Å². The third kappa shape index (κ3) is 3.04. The van der Waals surface area contributed by atoms with Gasteiger partial charge in [-0.3, -0.25) is 4.98 Å². The number of aryl methyl sites for hydroxylation is 1. The summed E-state index contributed by atoms with van der Waals surface area (Å²) in [6.45, 7) is 2.18. The second-order valence-electron chi connectivity index (χ2n) is 4.58. The lowest BCUT2D eigenvalue weighted by molar-refractivity contribution is 0.562. The fourth-order valence-electron chi connectivity index (χ4n) is 2.23. The van der Waals surface area contributed by atoms with Crippen molar-refractivity contribution in [2.75, 3.05) is 0 Å². The first-order valence-electron chi connectivity index (χ1n) is 6.39. The molecule has 1 atom stereocenters. The molecule has 0 aliphatic heterocycles. The lowest BCUT2D eigenvalue weighted by Gasteiger charge is -2.11. The van der Waals surface area contributed by atoms with E-state index in [4.69, 9.17) is 5.73 Å². The maximum Gasteiger partial charge on any atom is 0.0733 e. The summed E-state index contributed by atoms with van der Waals surface area (Å²) in [7, 11) is 0. The van der Waals surface area contributed by atoms with Gasteiger partial charge in [-0.1, -0.05) is 37.6 Å². The quantitative estimate of drug-likeness (QED) is 0.852. The molecule has 90 valence electrons. The van der Waals surface area contributed by atoms with Gasteiger partial charge >= 0.3 is 0 Å². The molecule has 2 N–H and O–H groups in total. The predicted molar refractivity (Wildman–Crippen MR) is 72.9 cm³/mol. The first kappa shape index (κ1) is 12.1. The van der Waals surface area contributed by atoms with Crippen LogP contribution < -0.4 is 5.73 Å². The first-order valence-corrected chi connectivity index (χ1v) is 6.39. The second-order valence-corrected chi connectivity index (χ2v) is 4.58. The molecule has 0 bridgehead atoms. The summed E-state index contributed by atoms with van der Waals surface area (Å²) < 4.78 is 0. The van der Waals surface area contributed by atoms with Crippen LogP contribution in [0.4, 0.5) is 0 Å². The average Bonchev–Trinajstić information content (AvgIpc) is 2.36. The van der Waals surface area contributed by atoms with E-state index < -0.39 is 0 Å². The van der Waals surface area contributed by atoms with Gasteiger partial charge in [-0.15, -0.1) is 0 Å². The molecule has 17 heavy (non-hydrogen) atoms. The molecular weight excluding hydrogens is 208 g/mol. The molecule has 2 aromatic rings. The summed E-state index contributed by atoms with van der Waals surface area (Å²) in [5.41, 5.74) is 8.49. The highest BCUT2D eigenvalue weighted by molar-refractivity contribution is 5.81. The van der Waals surface area contributed by atoms with E-state index in [-0.39, 0.29) is 0 Å². The van der Waals surface area contributed by atoms with E-state index in [0.717, 1.165) is 31.2 Å². The standard InChI is InChI=1S/C15H20N2/c1-2-5-14(16)10-9-13-7-3-6-12-8-4-11-17-15(12)13/h3-4,6-8,11,14H,2,5,9-10,16H2,1H3. The topological polar surface area (TPSA) is 38.9 Å². The average molecular weight is 228 g/mol. The minimum Gasteiger partial charge on any atom is -0.328 e. The van der Waals surface area contributed by atoms with E-state index in [1.165, 1.54) is 10.9 Å². The number of para-hydroxylation sites is 1. The number of benzene rings is 1. The van der Waals surface area contributed by atoms with Crippen molar-refractivity contribution >= 4 is 10.9 Å². The summed E-state index contributed by atoms with van der Waals surface area (Å²) in [6.07, 6.45) is 6.20. The van der Waals surface area contributed by atoms with Gasteiger partial charge in [0.25, 0.3) is 0 Å². The molecule has 0 radical (unpaired) electrons. The molecule has 0 aliphatic carbocycles. The highest BCUT2D eigenvalue weighted by Crippen LogP contribution is 2.18. The lowest BCUT2D eigenvalue weighted by atomic mass is 10.0. The molecule has 0 fully saturated rings. The normalized spacial score (nSPS) is 12.8. The molecule has 2 heteroatoms. The number of rotatable bonds is 5. The van der Waals surface area contributed by atoms with Crippen LogP contribution in [0.15, 0.2) is 36.5 Å². The highest BCUT2D eigenvalue weighted by atomic mass is 14.7. The van der Waals surface area contributed by atoms with Gasteiger partial charge in [-0.25, -0.2) is 0 Å². The summed E-state index contributed by atoms with van der Waals surface area (Å²) in [5, 5.41) is 1.22. The Morgan fingerprint density at radius 3 is 2.82 bits per heavy atom. The fourth-order valence-corrected chi connectivity index (χ4v) is 2.23. The van der Waals surface area contributed by atoms with Crippen LogP contribution in [0.3, 0.4) is 0 Å². The molecule has 0 saturated carbocycles. The Morgan fingerprint density at radius 2 is 2.00 bits per heavy atom. The van der Waals surface area contributed by atoms with Gasteiger partial charge in [0.1, 0.15) is 0 Å². The molecule has 1 aromatic heterocycles. The van der Waals surface area contributed by atoms with Crippen LogP contribution in [0, 0.1) is 0 Å². The van der Waals surface area contributed by atoms with Crippen LogP contribution in [0.2, 0.25) is 0 Å². The second kappa shape index (κ2) is 5.78. The zero-order valence-corrected chi connectivity index (χ0v) is 10.4. The molecule has 1 unspecified atom stereocenters. The number of nitrogens with two attached hydrogens (primary N) is 1. The Kier molecular flexibility index (Phi) is 4.10. The predicted octanol–water partition coefficient (Wildman–Crippen LogP) is 3.29. The van der Waals surface area contributed by atoms with Crippen molar-refractivity contribution in [3.63, 3.8) is 0 Å². The van der Waals surface area contributed by atoms with E-state index >= 15 is 0 Å². The maximum atomic E-state index is 6.06. The van der Waals surface area contributed by atoms with Crippen molar-refractivity contribution in [3.8, 4) is 0 Å². The Balaban J connectivity index is 2.13. The highest BCUT2D eigenvalue weighted by Gasteiger charge is 2.05. The van der Waals surface area contributed by atoms with Crippen LogP contribution in [0.5, 0.6) is 0 Å². The van der Waals surface area contributed by atoms with Crippen LogP contribution in [0.25, 0.3) is 10.9 Å². The van der Waals surface area contributed by atoms with Crippen LogP contribution >= 0.6 is 0 Å². The number of nitrogens with zero attached hydrogens (tertiary/aromatic N) is 1. The van der Waals surface area contributed by atoms with Crippen molar-refractivity contribution in [2.24, 2.45) is 5.73 Å². The zero-order valence-electron chi connectivity index (χ0n) is 10.4. The smallest absolute Gasteiger partial charge is 0.0733 e. The maximum absolute atomic E-state index is 6.06. The van der Waals surface area contributed by atoms with Crippen LogP contribution in [0.1, 0.15) is 31.7 Å². The molecule has 2 nitrogen and oxygen atoms in total. The molecule has 1 aromatic carbocycles. The number of pyridine rings is 1. The summed E-state index contributed by atoms with van der Waals surface area (Å²) in [5.74, 6) is 0. The Bertz CT molecular complexity index is 474. The summed E-state index contributed by atoms with van der Waals surface area (Å²) in [4.78, 5) is 4.46. The van der Waals surface area contributed by atoms with Crippen LogP contribution in [-0.4, -0.2) is 11.0 Å². The van der Waals surface area contributed by atoms with E-state index in [0.29, 0.717) is 6.04 Å². The van der Waals surface area contributed by atoms with Gasteiger partial charge in [0, 0.05) is 17.6 Å². The number of hydrogen-bond acceptors (Lipinski definition) is 2. The van der Waals surface area contributed by atoms with E-state index in [9.17, 15) is 0 Å². The third-order valence-electron chi connectivity index (χ3n) is 3.16. The van der Waals surface area contributed by atoms with Crippen LogP contribution in [-0.2, 0) is 6.42 Å². The molecule has 0 saturated heterocycles. The minimum atomic E-state index is 0.318. The van der Waals surface area contributed by atoms with Crippen molar-refractivity contribution in [2.45, 2.75) is 38.6 Å². The number of aromatic nitrogens is 1. The Morgan fingerprint density at radius 1 is 1.18 bits per heavy atom. The third-order valence-corrected chi connectivity index (χ3v) is 3.16. The first-order chi connectivity index (χ1) is 8.31. The van der Waals surface area contributed by atoms with E-state index in [2.05, 4.69) is 36.2 Å². The van der Waals surface area contributed by atoms with Gasteiger partial charge in [-0.05, 0) is 30.9 Å². The van der Waals surface area contributed by atoms with Crippen molar-refractivity contribution < 1.29 is 0 Å². The molecular formula is C15H20N2. The minimum absolute atomic E-state index is 0.318. The molecule has 0 spiro atoms. The fraction of sp³-hybridized carbons (Fsp3) is 0.400. The van der Waals surface area contributed by atoms with E-state index in [1.807, 2.05) is 12.3 Å². The summed E-state index contributed by atoms with van der Waals surface area (Å²) in [6, 6.07) is 10.8. The molecule has 0 amide bonds. The van der Waals surface area contributed by atoms with Gasteiger partial charge < -0.3 is 5.73 Å². The van der Waals surface area contributed by atoms with Crippen molar-refractivity contribution in [1.82, 2.24) is 4.98 Å². The van der Waals surface area contributed by atoms with Gasteiger partial charge in [0.2, 0.25) is 0 Å². The largest absolute Gasteiger partial charge is 0.328 e. The summed E-state index contributed by atoms with van der Waals surface area (Å²) >= 11 is 0. The number of hydrogen-bond donors (Lipinski definition) is 1. The van der Waals surface area contributed by atoms with Gasteiger partial charge in [0.05, 0.1) is 5.52 Å². The molecule has 1 heterocycles. The van der Waals surface area contributed by atoms with Gasteiger partial charge in [-0.2, -0.15) is 0 Å². The van der Waals surface area contributed by atoms with Gasteiger partial charge in [0.15, 0.2) is 0 Å². The Hall–Kier alpha value is -1.41. The SMILES string of the molecule is CCCC(N)CCc1cccc2cccnc12. The molecule has 2 rings (SSSR count). The monoisotopic (exact) mass is 228 g/mol. The number of fused-ring (bicyclic) bond motifs is 1. The lowest BCUT2D eigenvalue weighted by Crippen LogP contribution is -2.20.